The Kier molecular flexibility index (Phi) is 4.34. The summed E-state index contributed by atoms with van der Waals surface area (Å²) in [4.78, 5) is 0.242. The highest BCUT2D eigenvalue weighted by atomic mass is 32.2. The van der Waals surface area contributed by atoms with Gasteiger partial charge in [-0.05, 0) is 18.9 Å². The Labute approximate surface area is 117 Å². The first-order chi connectivity index (χ1) is 8.37. The summed E-state index contributed by atoms with van der Waals surface area (Å²) in [5.74, 6) is 0. The average Bonchev–Trinajstić information content (AvgIpc) is 2.62. The normalized spacial score (nSPS) is 14.1. The van der Waals surface area contributed by atoms with E-state index in [-0.39, 0.29) is 16.0 Å². The third-order valence-electron chi connectivity index (χ3n) is 3.68. The molecule has 0 amide bonds. The van der Waals surface area contributed by atoms with E-state index in [1.54, 1.807) is 10.9 Å². The van der Waals surface area contributed by atoms with E-state index in [2.05, 4.69) is 30.3 Å². The summed E-state index contributed by atoms with van der Waals surface area (Å²) in [7, 11) is -5.60. The number of hydrogen-bond acceptors (Lipinski definition) is 3. The van der Waals surface area contributed by atoms with Gasteiger partial charge >= 0.3 is 0 Å². The molecule has 0 aromatic carbocycles. The van der Waals surface area contributed by atoms with Crippen molar-refractivity contribution in [1.82, 2.24) is 14.2 Å². The molecule has 1 N–H and O–H groups in total. The summed E-state index contributed by atoms with van der Waals surface area (Å²) in [6, 6.07) is 0.150. The van der Waals surface area contributed by atoms with E-state index in [9.17, 15) is 8.42 Å². The van der Waals surface area contributed by atoms with Gasteiger partial charge in [-0.1, -0.05) is 33.9 Å². The molecule has 0 saturated carbocycles. The number of nitrogens with one attached hydrogen (secondary N) is 1. The van der Waals surface area contributed by atoms with Crippen LogP contribution in [0.2, 0.25) is 18.1 Å². The van der Waals surface area contributed by atoms with Gasteiger partial charge in [0.1, 0.15) is 13.1 Å². The van der Waals surface area contributed by atoms with Gasteiger partial charge in [0.05, 0.1) is 6.20 Å². The van der Waals surface area contributed by atoms with E-state index in [1.807, 2.05) is 26.9 Å². The molecule has 0 aliphatic carbocycles. The fraction of sp³-hybridized carbons (Fsp3) is 0.750. The molecule has 0 saturated heterocycles. The highest BCUT2D eigenvalue weighted by Gasteiger charge is 2.39. The zero-order chi connectivity index (χ0) is 15.1. The van der Waals surface area contributed by atoms with E-state index in [0.717, 1.165) is 0 Å². The summed E-state index contributed by atoms with van der Waals surface area (Å²) >= 11 is 0. The molecule has 1 rings (SSSR count). The van der Waals surface area contributed by atoms with Crippen LogP contribution in [-0.4, -0.2) is 26.4 Å². The molecule has 0 bridgehead atoms. The Bertz CT molecular complexity index is 542. The standard InChI is InChI=1S/C12H25N3O2SSi/c1-10(2)15-9-11(8-13-15)18(16,17)14-19(6,7)12(3,4)5/h8-10,14H,1-7H3. The van der Waals surface area contributed by atoms with Crippen LogP contribution in [0.3, 0.4) is 0 Å². The van der Waals surface area contributed by atoms with Crippen LogP contribution in [-0.2, 0) is 10.0 Å². The van der Waals surface area contributed by atoms with Crippen molar-refractivity contribution in [2.45, 2.75) is 63.7 Å². The highest BCUT2D eigenvalue weighted by Crippen LogP contribution is 2.34. The van der Waals surface area contributed by atoms with Gasteiger partial charge in [-0.2, -0.15) is 5.10 Å². The van der Waals surface area contributed by atoms with Crippen LogP contribution in [0, 0.1) is 0 Å². The van der Waals surface area contributed by atoms with Crippen molar-refractivity contribution in [3.05, 3.63) is 12.4 Å². The molecule has 1 aromatic heterocycles. The summed E-state index contributed by atoms with van der Waals surface area (Å²) in [6.45, 7) is 14.2. The lowest BCUT2D eigenvalue weighted by Gasteiger charge is -2.36. The predicted octanol–water partition coefficient (Wildman–Crippen LogP) is 2.75. The molecule has 110 valence electrons. The molecule has 7 heteroatoms. The van der Waals surface area contributed by atoms with Crippen molar-refractivity contribution in [3.8, 4) is 0 Å². The molecule has 0 atom stereocenters. The molecule has 1 heterocycles. The summed E-state index contributed by atoms with van der Waals surface area (Å²) < 4.78 is 29.4. The monoisotopic (exact) mass is 303 g/mol. The van der Waals surface area contributed by atoms with Crippen LogP contribution in [0.15, 0.2) is 17.3 Å². The van der Waals surface area contributed by atoms with Gasteiger partial charge in [0, 0.05) is 12.2 Å². The summed E-state index contributed by atoms with van der Waals surface area (Å²) in [6.07, 6.45) is 3.00. The Morgan fingerprint density at radius 3 is 2.21 bits per heavy atom. The lowest BCUT2D eigenvalue weighted by atomic mass is 10.2. The molecule has 5 nitrogen and oxygen atoms in total. The number of rotatable bonds is 4. The van der Waals surface area contributed by atoms with Crippen LogP contribution in [0.4, 0.5) is 0 Å². The maximum atomic E-state index is 12.4. The highest BCUT2D eigenvalue weighted by molar-refractivity contribution is 7.91. The maximum absolute atomic E-state index is 12.4. The van der Waals surface area contributed by atoms with Crippen molar-refractivity contribution < 1.29 is 8.42 Å². The fourth-order valence-electron chi connectivity index (χ4n) is 1.29. The molecular weight excluding hydrogens is 278 g/mol. The molecule has 0 unspecified atom stereocenters. The molecule has 1 aromatic rings. The van der Waals surface area contributed by atoms with Crippen LogP contribution in [0.1, 0.15) is 40.7 Å². The topological polar surface area (TPSA) is 64.0 Å². The molecule has 0 radical (unpaired) electrons. The molecule has 19 heavy (non-hydrogen) atoms. The van der Waals surface area contributed by atoms with Crippen LogP contribution in [0.5, 0.6) is 0 Å². The van der Waals surface area contributed by atoms with E-state index in [0.29, 0.717) is 0 Å². The minimum absolute atomic E-state index is 0.0475. The van der Waals surface area contributed by atoms with E-state index >= 15 is 0 Å². The quantitative estimate of drug-likeness (QED) is 0.870. The van der Waals surface area contributed by atoms with Gasteiger partial charge in [-0.25, -0.2) is 12.8 Å². The Hall–Kier alpha value is -0.663. The zero-order valence-electron chi connectivity index (χ0n) is 12.9. The predicted molar refractivity (Wildman–Crippen MR) is 80.1 cm³/mol. The molecule has 0 spiro atoms. The second-order valence-corrected chi connectivity index (χ2v) is 13.8. The average molecular weight is 304 g/mol. The summed E-state index contributed by atoms with van der Waals surface area (Å²) in [5.41, 5.74) is 0. The smallest absolute Gasteiger partial charge is 0.237 e. The first-order valence-electron chi connectivity index (χ1n) is 6.45. The van der Waals surface area contributed by atoms with Gasteiger partial charge in [0.25, 0.3) is 0 Å². The Morgan fingerprint density at radius 1 is 1.32 bits per heavy atom. The number of aromatic nitrogens is 2. The van der Waals surface area contributed by atoms with E-state index in [1.165, 1.54) is 6.20 Å². The van der Waals surface area contributed by atoms with Crippen LogP contribution < -0.4 is 4.39 Å². The van der Waals surface area contributed by atoms with Crippen molar-refractivity contribution in [1.29, 1.82) is 0 Å². The fourth-order valence-corrected chi connectivity index (χ4v) is 6.11. The third-order valence-corrected chi connectivity index (χ3v) is 11.4. The van der Waals surface area contributed by atoms with Gasteiger partial charge in [-0.15, -0.1) is 0 Å². The molecule has 0 aliphatic heterocycles. The van der Waals surface area contributed by atoms with Crippen molar-refractivity contribution in [3.63, 3.8) is 0 Å². The minimum atomic E-state index is -3.49. The Morgan fingerprint density at radius 2 is 1.84 bits per heavy atom. The molecular formula is C12H25N3O2SSi. The maximum Gasteiger partial charge on any atom is 0.237 e. The molecule has 0 fully saturated rings. The number of sulfonamides is 1. The van der Waals surface area contributed by atoms with Crippen molar-refractivity contribution >= 4 is 18.3 Å². The largest absolute Gasteiger partial charge is 0.269 e. The minimum Gasteiger partial charge on any atom is -0.269 e. The lowest BCUT2D eigenvalue weighted by molar-refractivity contribution is 0.531. The zero-order valence-corrected chi connectivity index (χ0v) is 14.7. The summed E-state index contributed by atoms with van der Waals surface area (Å²) in [5, 5.41) is 4.04. The lowest BCUT2D eigenvalue weighted by Crippen LogP contribution is -2.54. The SMILES string of the molecule is CC(C)n1cc(S(=O)(=O)N[Si](C)(C)C(C)(C)C)cn1. The van der Waals surface area contributed by atoms with E-state index < -0.39 is 18.3 Å². The molecule has 0 aliphatic rings. The second kappa shape index (κ2) is 5.03. The van der Waals surface area contributed by atoms with Gasteiger partial charge in [0.15, 0.2) is 0 Å². The van der Waals surface area contributed by atoms with Crippen LogP contribution in [0.25, 0.3) is 0 Å². The van der Waals surface area contributed by atoms with Crippen molar-refractivity contribution in [2.75, 3.05) is 0 Å². The van der Waals surface area contributed by atoms with Crippen molar-refractivity contribution in [2.24, 2.45) is 0 Å². The van der Waals surface area contributed by atoms with Gasteiger partial charge < -0.3 is 0 Å². The Balaban J connectivity index is 3.05. The van der Waals surface area contributed by atoms with Gasteiger partial charge in [-0.3, -0.25) is 4.68 Å². The van der Waals surface area contributed by atoms with Crippen LogP contribution >= 0.6 is 0 Å². The first kappa shape index (κ1) is 16.4. The number of hydrogen-bond donors (Lipinski definition) is 1. The first-order valence-corrected chi connectivity index (χ1v) is 10.9. The van der Waals surface area contributed by atoms with Gasteiger partial charge in [0.2, 0.25) is 10.0 Å². The third kappa shape index (κ3) is 3.67. The second-order valence-electron chi connectivity index (χ2n) is 6.73. The van der Waals surface area contributed by atoms with E-state index in [4.69, 9.17) is 0 Å². The number of nitrogens with zero attached hydrogens (tertiary/aromatic N) is 2.